The van der Waals surface area contributed by atoms with Crippen LogP contribution < -0.4 is 11.1 Å². The molecule has 0 aliphatic rings. The van der Waals surface area contributed by atoms with Gasteiger partial charge in [-0.25, -0.2) is 4.39 Å². The molecule has 4 N–H and O–H groups in total. The van der Waals surface area contributed by atoms with Crippen molar-refractivity contribution in [3.63, 3.8) is 0 Å². The number of aliphatic hydroxyl groups excluding tert-OH is 1. The van der Waals surface area contributed by atoms with Crippen LogP contribution in [0.15, 0.2) is 18.2 Å². The third-order valence-corrected chi connectivity index (χ3v) is 2.15. The lowest BCUT2D eigenvalue weighted by Crippen LogP contribution is -2.37. The SMILES string of the molecule is N#Cc1cc(CNCC(O)C(N)=O)ccc1F. The van der Waals surface area contributed by atoms with E-state index >= 15 is 0 Å². The fraction of sp³-hybridized carbons (Fsp3) is 0.273. The number of carbonyl (C=O) groups is 1. The number of benzene rings is 1. The van der Waals surface area contributed by atoms with Gasteiger partial charge in [0.15, 0.2) is 0 Å². The molecule has 1 rings (SSSR count). The van der Waals surface area contributed by atoms with Gasteiger partial charge in [0, 0.05) is 13.1 Å². The van der Waals surface area contributed by atoms with E-state index in [0.29, 0.717) is 12.1 Å². The molecule has 1 aromatic rings. The molecular formula is C11H12FN3O2. The van der Waals surface area contributed by atoms with Gasteiger partial charge in [0.2, 0.25) is 5.91 Å². The molecule has 1 atom stereocenters. The van der Waals surface area contributed by atoms with Crippen LogP contribution in [0, 0.1) is 17.1 Å². The molecule has 0 radical (unpaired) electrons. The van der Waals surface area contributed by atoms with Crippen molar-refractivity contribution in [2.24, 2.45) is 5.73 Å². The van der Waals surface area contributed by atoms with Crippen LogP contribution in [-0.4, -0.2) is 23.7 Å². The van der Waals surface area contributed by atoms with Gasteiger partial charge in [-0.2, -0.15) is 5.26 Å². The number of halogens is 1. The minimum Gasteiger partial charge on any atom is -0.382 e. The summed E-state index contributed by atoms with van der Waals surface area (Å²) in [6, 6.07) is 5.84. The zero-order chi connectivity index (χ0) is 12.8. The number of hydrogen-bond donors (Lipinski definition) is 3. The van der Waals surface area contributed by atoms with Gasteiger partial charge in [-0.15, -0.1) is 0 Å². The van der Waals surface area contributed by atoms with Gasteiger partial charge in [0.1, 0.15) is 18.0 Å². The van der Waals surface area contributed by atoms with E-state index in [1.165, 1.54) is 18.2 Å². The summed E-state index contributed by atoms with van der Waals surface area (Å²) in [5, 5.41) is 20.5. The van der Waals surface area contributed by atoms with E-state index in [0.717, 1.165) is 0 Å². The molecule has 0 aliphatic heterocycles. The van der Waals surface area contributed by atoms with Gasteiger partial charge in [-0.1, -0.05) is 6.07 Å². The average molecular weight is 237 g/mol. The van der Waals surface area contributed by atoms with Gasteiger partial charge >= 0.3 is 0 Å². The van der Waals surface area contributed by atoms with Crippen molar-refractivity contribution >= 4 is 5.91 Å². The highest BCUT2D eigenvalue weighted by atomic mass is 19.1. The van der Waals surface area contributed by atoms with Crippen LogP contribution in [-0.2, 0) is 11.3 Å². The van der Waals surface area contributed by atoms with Gasteiger partial charge in [-0.05, 0) is 17.7 Å². The standard InChI is InChI=1S/C11H12FN3O2/c12-9-2-1-7(3-8(9)4-13)5-15-6-10(16)11(14)17/h1-3,10,15-16H,5-6H2,(H2,14,17). The van der Waals surface area contributed by atoms with Crippen molar-refractivity contribution in [3.05, 3.63) is 35.1 Å². The summed E-state index contributed by atoms with van der Waals surface area (Å²) in [6.45, 7) is 0.313. The minimum atomic E-state index is -1.26. The maximum absolute atomic E-state index is 13.0. The Kier molecular flexibility index (Phi) is 4.57. The Morgan fingerprint density at radius 3 is 2.94 bits per heavy atom. The number of nitrogens with two attached hydrogens (primary N) is 1. The fourth-order valence-electron chi connectivity index (χ4n) is 1.22. The number of aliphatic hydroxyl groups is 1. The highest BCUT2D eigenvalue weighted by molar-refractivity contribution is 5.78. The molecule has 1 unspecified atom stereocenters. The molecule has 0 saturated heterocycles. The third-order valence-electron chi connectivity index (χ3n) is 2.15. The van der Waals surface area contributed by atoms with Crippen LogP contribution in [0.3, 0.4) is 0 Å². The molecule has 0 aliphatic carbocycles. The monoisotopic (exact) mass is 237 g/mol. The number of nitriles is 1. The molecule has 1 amide bonds. The summed E-state index contributed by atoms with van der Waals surface area (Å²) >= 11 is 0. The van der Waals surface area contributed by atoms with Crippen LogP contribution in [0.25, 0.3) is 0 Å². The maximum Gasteiger partial charge on any atom is 0.247 e. The molecular weight excluding hydrogens is 225 g/mol. The van der Waals surface area contributed by atoms with Crippen molar-refractivity contribution in [2.45, 2.75) is 12.6 Å². The summed E-state index contributed by atoms with van der Waals surface area (Å²) in [6.07, 6.45) is -1.26. The van der Waals surface area contributed by atoms with Crippen LogP contribution in [0.4, 0.5) is 4.39 Å². The van der Waals surface area contributed by atoms with E-state index in [-0.39, 0.29) is 12.1 Å². The van der Waals surface area contributed by atoms with Crippen LogP contribution in [0.1, 0.15) is 11.1 Å². The van der Waals surface area contributed by atoms with E-state index < -0.39 is 17.8 Å². The molecule has 0 spiro atoms. The molecule has 0 heterocycles. The second kappa shape index (κ2) is 5.94. The van der Waals surface area contributed by atoms with Gasteiger partial charge in [-0.3, -0.25) is 4.79 Å². The van der Waals surface area contributed by atoms with E-state index in [1.54, 1.807) is 6.07 Å². The lowest BCUT2D eigenvalue weighted by Gasteiger charge is -2.08. The molecule has 0 aromatic heterocycles. The molecule has 1 aromatic carbocycles. The summed E-state index contributed by atoms with van der Waals surface area (Å²) in [7, 11) is 0. The van der Waals surface area contributed by atoms with Gasteiger partial charge < -0.3 is 16.2 Å². The van der Waals surface area contributed by atoms with E-state index in [1.807, 2.05) is 0 Å². The van der Waals surface area contributed by atoms with Crippen LogP contribution in [0.5, 0.6) is 0 Å². The zero-order valence-electron chi connectivity index (χ0n) is 8.98. The van der Waals surface area contributed by atoms with Crippen LogP contribution in [0.2, 0.25) is 0 Å². The molecule has 5 nitrogen and oxygen atoms in total. The highest BCUT2D eigenvalue weighted by Gasteiger charge is 2.09. The molecule has 6 heteroatoms. The molecule has 90 valence electrons. The first kappa shape index (κ1) is 13.1. The molecule has 0 fully saturated rings. The second-order valence-corrected chi connectivity index (χ2v) is 3.48. The Morgan fingerprint density at radius 2 is 2.35 bits per heavy atom. The normalized spacial score (nSPS) is 11.8. The Balaban J connectivity index is 2.53. The Hall–Kier alpha value is -1.97. The fourth-order valence-corrected chi connectivity index (χ4v) is 1.22. The Bertz CT molecular complexity index is 457. The van der Waals surface area contributed by atoms with Crippen molar-refractivity contribution in [1.29, 1.82) is 5.26 Å². The Morgan fingerprint density at radius 1 is 1.65 bits per heavy atom. The smallest absolute Gasteiger partial charge is 0.247 e. The number of rotatable bonds is 5. The topological polar surface area (TPSA) is 99.1 Å². The van der Waals surface area contributed by atoms with E-state index in [9.17, 15) is 9.18 Å². The largest absolute Gasteiger partial charge is 0.382 e. The Labute approximate surface area is 97.7 Å². The minimum absolute atomic E-state index is 0.00853. The summed E-state index contributed by atoms with van der Waals surface area (Å²) < 4.78 is 13.0. The number of carbonyl (C=O) groups excluding carboxylic acids is 1. The van der Waals surface area contributed by atoms with Crippen molar-refractivity contribution in [1.82, 2.24) is 5.32 Å². The summed E-state index contributed by atoms with van der Waals surface area (Å²) in [5.74, 6) is -1.39. The van der Waals surface area contributed by atoms with Gasteiger partial charge in [0.25, 0.3) is 0 Å². The quantitative estimate of drug-likeness (QED) is 0.650. The third kappa shape index (κ3) is 3.83. The first-order chi connectivity index (χ1) is 8.04. The van der Waals surface area contributed by atoms with Crippen molar-refractivity contribution < 1.29 is 14.3 Å². The number of amides is 1. The number of nitrogens with zero attached hydrogens (tertiary/aromatic N) is 1. The lowest BCUT2D eigenvalue weighted by molar-refractivity contribution is -0.125. The summed E-state index contributed by atoms with van der Waals surface area (Å²) in [5.41, 5.74) is 5.50. The molecule has 0 saturated carbocycles. The number of hydrogen-bond acceptors (Lipinski definition) is 4. The van der Waals surface area contributed by atoms with Crippen molar-refractivity contribution in [2.75, 3.05) is 6.54 Å². The predicted octanol–water partition coefficient (Wildman–Crippen LogP) is -0.367. The first-order valence-corrected chi connectivity index (χ1v) is 4.91. The van der Waals surface area contributed by atoms with Crippen LogP contribution >= 0.6 is 0 Å². The predicted molar refractivity (Wildman–Crippen MR) is 58.0 cm³/mol. The highest BCUT2D eigenvalue weighted by Crippen LogP contribution is 2.09. The number of primary amides is 1. The van der Waals surface area contributed by atoms with E-state index in [2.05, 4.69) is 5.32 Å². The maximum atomic E-state index is 13.0. The second-order valence-electron chi connectivity index (χ2n) is 3.48. The molecule has 17 heavy (non-hydrogen) atoms. The first-order valence-electron chi connectivity index (χ1n) is 4.91. The zero-order valence-corrected chi connectivity index (χ0v) is 8.98. The average Bonchev–Trinajstić information content (AvgIpc) is 2.31. The number of nitrogens with one attached hydrogen (secondary N) is 1. The van der Waals surface area contributed by atoms with Gasteiger partial charge in [0.05, 0.1) is 5.56 Å². The molecule has 0 bridgehead atoms. The summed E-state index contributed by atoms with van der Waals surface area (Å²) in [4.78, 5) is 10.5. The van der Waals surface area contributed by atoms with Crippen molar-refractivity contribution in [3.8, 4) is 6.07 Å². The lowest BCUT2D eigenvalue weighted by atomic mass is 10.1. The van der Waals surface area contributed by atoms with E-state index in [4.69, 9.17) is 16.1 Å².